The van der Waals surface area contributed by atoms with Crippen molar-refractivity contribution in [3.63, 3.8) is 0 Å². The summed E-state index contributed by atoms with van der Waals surface area (Å²) in [6.45, 7) is 9.38. The normalized spacial score (nSPS) is 28.5. The van der Waals surface area contributed by atoms with E-state index in [4.69, 9.17) is 4.43 Å². The highest BCUT2D eigenvalue weighted by atomic mass is 28.4. The number of rotatable bonds is 2. The number of benzene rings is 2. The molecule has 1 heterocycles. The molecule has 0 saturated carbocycles. The Bertz CT molecular complexity index is 647. The number of hydrogen-bond donors (Lipinski definition) is 0. The lowest BCUT2D eigenvalue weighted by Gasteiger charge is -2.52. The second-order valence-electron chi connectivity index (χ2n) is 8.00. The average molecular weight is 325 g/mol. The third-order valence-corrected chi connectivity index (χ3v) is 11.0. The summed E-state index contributed by atoms with van der Waals surface area (Å²) in [5.41, 5.74) is 1.14. The van der Waals surface area contributed by atoms with Crippen molar-refractivity contribution < 1.29 is 4.43 Å². The Kier molecular flexibility index (Phi) is 4.24. The predicted molar refractivity (Wildman–Crippen MR) is 100 cm³/mol. The zero-order valence-electron chi connectivity index (χ0n) is 14.8. The van der Waals surface area contributed by atoms with Crippen molar-refractivity contribution in [2.45, 2.75) is 57.2 Å². The summed E-state index contributed by atoms with van der Waals surface area (Å²) >= 11 is 0. The molecule has 23 heavy (non-hydrogen) atoms. The fraction of sp³-hybridized carbons (Fsp3) is 0.429. The Morgan fingerprint density at radius 1 is 0.913 bits per heavy atom. The van der Waals surface area contributed by atoms with Crippen LogP contribution in [0.5, 0.6) is 0 Å². The first kappa shape index (κ1) is 16.5. The smallest absolute Gasteiger partial charge is 0.230 e. The van der Waals surface area contributed by atoms with Gasteiger partial charge in [0.05, 0.1) is 5.60 Å². The van der Waals surface area contributed by atoms with Gasteiger partial charge in [0.25, 0.3) is 0 Å². The molecule has 1 nitrogen and oxygen atoms in total. The molecule has 1 aliphatic heterocycles. The zero-order valence-corrected chi connectivity index (χ0v) is 15.8. The van der Waals surface area contributed by atoms with Crippen LogP contribution in [-0.4, -0.2) is 8.32 Å². The summed E-state index contributed by atoms with van der Waals surface area (Å²) in [6, 6.07) is 23.0. The van der Waals surface area contributed by atoms with Crippen LogP contribution < -0.4 is 5.19 Å². The van der Waals surface area contributed by atoms with E-state index in [1.165, 1.54) is 23.2 Å². The summed E-state index contributed by atoms with van der Waals surface area (Å²) in [4.78, 5) is 0. The summed E-state index contributed by atoms with van der Waals surface area (Å²) in [6.07, 6.45) is 2.35. The minimum atomic E-state index is -2.08. The van der Waals surface area contributed by atoms with Gasteiger partial charge in [0.2, 0.25) is 8.32 Å². The highest BCUT2D eigenvalue weighted by molar-refractivity contribution is 6.89. The van der Waals surface area contributed by atoms with Crippen LogP contribution in [-0.2, 0) is 10.0 Å². The fourth-order valence-electron chi connectivity index (χ4n) is 4.03. The van der Waals surface area contributed by atoms with Gasteiger partial charge in [0.15, 0.2) is 0 Å². The molecule has 2 heteroatoms. The van der Waals surface area contributed by atoms with Crippen LogP contribution in [0.4, 0.5) is 0 Å². The summed E-state index contributed by atoms with van der Waals surface area (Å²) in [5.74, 6) is 0. The molecule has 2 aromatic carbocycles. The molecule has 1 aliphatic rings. The van der Waals surface area contributed by atoms with Gasteiger partial charge in [0, 0.05) is 0 Å². The van der Waals surface area contributed by atoms with Crippen LogP contribution in [0.3, 0.4) is 0 Å². The van der Waals surface area contributed by atoms with Crippen LogP contribution in [0.15, 0.2) is 60.7 Å². The van der Waals surface area contributed by atoms with E-state index in [1.54, 1.807) is 0 Å². The topological polar surface area (TPSA) is 9.23 Å². The van der Waals surface area contributed by atoms with Crippen molar-refractivity contribution in [2.24, 2.45) is 0 Å². The first-order chi connectivity index (χ1) is 10.9. The Morgan fingerprint density at radius 3 is 2.04 bits per heavy atom. The van der Waals surface area contributed by atoms with Crippen LogP contribution in [0.1, 0.15) is 46.1 Å². The molecule has 2 unspecified atom stereocenters. The second kappa shape index (κ2) is 5.92. The Balaban J connectivity index is 2.08. The molecule has 122 valence electrons. The van der Waals surface area contributed by atoms with E-state index < -0.39 is 8.32 Å². The van der Waals surface area contributed by atoms with Gasteiger partial charge >= 0.3 is 0 Å². The predicted octanol–water partition coefficient (Wildman–Crippen LogP) is 5.37. The molecule has 2 aromatic rings. The van der Waals surface area contributed by atoms with Crippen molar-refractivity contribution in [3.05, 3.63) is 66.2 Å². The van der Waals surface area contributed by atoms with Crippen LogP contribution >= 0.6 is 0 Å². The highest BCUT2D eigenvalue weighted by Crippen LogP contribution is 2.49. The molecular weight excluding hydrogens is 296 g/mol. The van der Waals surface area contributed by atoms with Crippen molar-refractivity contribution in [1.29, 1.82) is 0 Å². The van der Waals surface area contributed by atoms with Gasteiger partial charge in [-0.05, 0) is 35.2 Å². The first-order valence-corrected chi connectivity index (χ1v) is 10.8. The molecule has 0 amide bonds. The Hall–Kier alpha value is -1.38. The molecule has 2 atom stereocenters. The summed E-state index contributed by atoms with van der Waals surface area (Å²) in [5, 5.41) is 1.61. The van der Waals surface area contributed by atoms with Gasteiger partial charge in [-0.3, -0.25) is 0 Å². The average Bonchev–Trinajstić information content (AvgIpc) is 2.55. The lowest BCUT2D eigenvalue weighted by atomic mass is 9.91. The second-order valence-corrected chi connectivity index (χ2v) is 12.4. The molecular formula is C21H28OSi. The van der Waals surface area contributed by atoms with E-state index in [-0.39, 0.29) is 10.6 Å². The third-order valence-electron chi connectivity index (χ3n) is 5.42. The largest absolute Gasteiger partial charge is 0.403 e. The van der Waals surface area contributed by atoms with Crippen LogP contribution in [0, 0.1) is 0 Å². The van der Waals surface area contributed by atoms with Crippen molar-refractivity contribution in [2.75, 3.05) is 0 Å². The molecule has 1 fully saturated rings. The lowest BCUT2D eigenvalue weighted by Crippen LogP contribution is -2.62. The van der Waals surface area contributed by atoms with Crippen molar-refractivity contribution in [3.8, 4) is 0 Å². The molecule has 0 bridgehead atoms. The number of hydrogen-bond acceptors (Lipinski definition) is 1. The quantitative estimate of drug-likeness (QED) is 0.675. The van der Waals surface area contributed by atoms with Crippen LogP contribution in [0.2, 0.25) is 11.1 Å². The molecule has 0 spiro atoms. The SMILES string of the molecule is CC1(c2ccccc2)CCC[Si](c2ccccc2)(C(C)(C)C)O1. The van der Waals surface area contributed by atoms with E-state index >= 15 is 0 Å². The third kappa shape index (κ3) is 2.90. The maximum Gasteiger partial charge on any atom is 0.230 e. The standard InChI is InChI=1S/C21H28OSi/c1-20(2,3)23(19-14-9-6-10-15-19)17-11-16-21(4,22-23)18-12-7-5-8-13-18/h5-10,12-15H,11,16-17H2,1-4H3. The van der Waals surface area contributed by atoms with E-state index in [0.717, 1.165) is 6.42 Å². The van der Waals surface area contributed by atoms with E-state index in [9.17, 15) is 0 Å². The first-order valence-electron chi connectivity index (χ1n) is 8.69. The highest BCUT2D eigenvalue weighted by Gasteiger charge is 2.54. The molecule has 0 radical (unpaired) electrons. The lowest BCUT2D eigenvalue weighted by molar-refractivity contribution is 0.0437. The molecule has 0 aromatic heterocycles. The minimum absolute atomic E-state index is 0.171. The molecule has 3 rings (SSSR count). The van der Waals surface area contributed by atoms with Gasteiger partial charge < -0.3 is 4.43 Å². The summed E-state index contributed by atoms with van der Waals surface area (Å²) in [7, 11) is -2.08. The maximum absolute atomic E-state index is 7.14. The van der Waals surface area contributed by atoms with Gasteiger partial charge in [-0.15, -0.1) is 0 Å². The monoisotopic (exact) mass is 324 g/mol. The molecule has 0 N–H and O–H groups in total. The van der Waals surface area contributed by atoms with Gasteiger partial charge in [0.1, 0.15) is 0 Å². The molecule has 0 aliphatic carbocycles. The zero-order chi connectivity index (χ0) is 16.6. The van der Waals surface area contributed by atoms with Gasteiger partial charge in [-0.2, -0.15) is 0 Å². The Morgan fingerprint density at radius 2 is 1.48 bits per heavy atom. The maximum atomic E-state index is 7.14. The minimum Gasteiger partial charge on any atom is -0.403 e. The Labute approximate surface area is 141 Å². The van der Waals surface area contributed by atoms with Crippen molar-refractivity contribution >= 4 is 13.5 Å². The fourth-order valence-corrected chi connectivity index (χ4v) is 8.85. The summed E-state index contributed by atoms with van der Waals surface area (Å²) < 4.78 is 7.14. The van der Waals surface area contributed by atoms with Crippen LogP contribution in [0.25, 0.3) is 0 Å². The van der Waals surface area contributed by atoms with Crippen molar-refractivity contribution in [1.82, 2.24) is 0 Å². The van der Waals surface area contributed by atoms with E-state index in [0.29, 0.717) is 0 Å². The molecule has 1 saturated heterocycles. The van der Waals surface area contributed by atoms with E-state index in [1.807, 2.05) is 0 Å². The van der Waals surface area contributed by atoms with E-state index in [2.05, 4.69) is 88.4 Å². The van der Waals surface area contributed by atoms with Gasteiger partial charge in [-0.1, -0.05) is 87.9 Å². The van der Waals surface area contributed by atoms with Gasteiger partial charge in [-0.25, -0.2) is 0 Å².